The van der Waals surface area contributed by atoms with Crippen molar-refractivity contribution in [1.29, 1.82) is 0 Å². The second-order valence-electron chi connectivity index (χ2n) is 6.76. The first kappa shape index (κ1) is 23.2. The van der Waals surface area contributed by atoms with E-state index in [4.69, 9.17) is 15.6 Å². The van der Waals surface area contributed by atoms with Gasteiger partial charge >= 0.3 is 12.1 Å². The topological polar surface area (TPSA) is 128 Å². The number of carboxylic acid groups (broad SMARTS) is 1. The van der Waals surface area contributed by atoms with E-state index in [9.17, 15) is 18.0 Å². The van der Waals surface area contributed by atoms with Gasteiger partial charge in [0.1, 0.15) is 11.0 Å². The number of nitrogens with one attached hydrogen (secondary N) is 1. The third kappa shape index (κ3) is 5.50. The molecule has 0 spiro atoms. The fourth-order valence-electron chi connectivity index (χ4n) is 3.06. The average Bonchev–Trinajstić information content (AvgIpc) is 3.02. The maximum absolute atomic E-state index is 12.4. The largest absolute Gasteiger partial charge is 0.490 e. The van der Waals surface area contributed by atoms with Gasteiger partial charge in [-0.1, -0.05) is 18.8 Å². The molecule has 0 radical (unpaired) electrons. The van der Waals surface area contributed by atoms with Crippen LogP contribution in [0.15, 0.2) is 11.0 Å². The number of aryl methyl sites for hydroxylation is 1. The molecular weight excluding hydrogens is 405 g/mol. The van der Waals surface area contributed by atoms with Crippen molar-refractivity contribution in [2.45, 2.75) is 57.4 Å². The number of carboxylic acids is 1. The van der Waals surface area contributed by atoms with Crippen molar-refractivity contribution in [3.63, 3.8) is 0 Å². The normalized spacial score (nSPS) is 18.7. The molecular formula is C18H23F3N6O3. The second-order valence-corrected chi connectivity index (χ2v) is 6.76. The lowest BCUT2D eigenvalue weighted by atomic mass is 9.91. The van der Waals surface area contributed by atoms with Crippen LogP contribution >= 0.6 is 0 Å². The highest BCUT2D eigenvalue weighted by Gasteiger charge is 2.38. The number of nitrogens with two attached hydrogens (primary N) is 1. The predicted octanol–water partition coefficient (Wildman–Crippen LogP) is 1.47. The lowest BCUT2D eigenvalue weighted by Crippen LogP contribution is -2.43. The standard InChI is InChI=1S/C16H22N6O.C2HF3O2/c1-3-4-9-22-14-13(10-18-21(2)15(14)23)20-16(22)19-12-8-6-5-7-11(12)17;3-2(4,5)1(6)7/h10-12H,5-9,17H2,1-2H3,(H,19,20);(H,6,7)/t11-,12+;/m0./s1. The first-order chi connectivity index (χ1) is 14.1. The van der Waals surface area contributed by atoms with Gasteiger partial charge in [0.25, 0.3) is 5.56 Å². The summed E-state index contributed by atoms with van der Waals surface area (Å²) in [5.41, 5.74) is 7.15. The molecule has 0 aliphatic heterocycles. The quantitative estimate of drug-likeness (QED) is 0.632. The van der Waals surface area contributed by atoms with Gasteiger partial charge in [0.2, 0.25) is 5.95 Å². The molecule has 2 atom stereocenters. The minimum absolute atomic E-state index is 0.107. The summed E-state index contributed by atoms with van der Waals surface area (Å²) in [5, 5.41) is 14.6. The molecule has 30 heavy (non-hydrogen) atoms. The third-order valence-corrected chi connectivity index (χ3v) is 4.63. The zero-order valence-corrected chi connectivity index (χ0v) is 16.5. The fraction of sp³-hybridized carbons (Fsp3) is 0.556. The van der Waals surface area contributed by atoms with Gasteiger partial charge in [0.15, 0.2) is 0 Å². The first-order valence-electron chi connectivity index (χ1n) is 9.20. The van der Waals surface area contributed by atoms with E-state index in [1.165, 1.54) is 11.1 Å². The Bertz CT molecular complexity index is 1020. The Morgan fingerprint density at radius 2 is 2.03 bits per heavy atom. The van der Waals surface area contributed by atoms with Gasteiger partial charge in [-0.25, -0.2) is 14.5 Å². The summed E-state index contributed by atoms with van der Waals surface area (Å²) in [4.78, 5) is 25.9. The zero-order chi connectivity index (χ0) is 22.5. The van der Waals surface area contributed by atoms with Crippen LogP contribution in [0.1, 0.15) is 32.6 Å². The summed E-state index contributed by atoms with van der Waals surface area (Å²) in [7, 11) is 1.63. The van der Waals surface area contributed by atoms with Crippen molar-refractivity contribution in [2.24, 2.45) is 12.8 Å². The summed E-state index contributed by atoms with van der Waals surface area (Å²) in [6.07, 6.45) is 0.875. The van der Waals surface area contributed by atoms with E-state index in [1.54, 1.807) is 20.2 Å². The van der Waals surface area contributed by atoms with Crippen LogP contribution < -0.4 is 16.6 Å². The zero-order valence-electron chi connectivity index (χ0n) is 16.5. The highest BCUT2D eigenvalue weighted by Crippen LogP contribution is 2.23. The van der Waals surface area contributed by atoms with Crippen LogP contribution in [-0.4, -0.2) is 48.7 Å². The third-order valence-electron chi connectivity index (χ3n) is 4.63. The molecule has 1 saturated carbocycles. The van der Waals surface area contributed by atoms with Crippen LogP contribution in [-0.2, 0) is 18.4 Å². The number of nitrogens with zero attached hydrogens (tertiary/aromatic N) is 4. The van der Waals surface area contributed by atoms with Crippen LogP contribution in [0, 0.1) is 11.8 Å². The summed E-state index contributed by atoms with van der Waals surface area (Å²) in [5.74, 6) is 3.77. The number of aliphatic carboxylic acids is 1. The monoisotopic (exact) mass is 428 g/mol. The minimum atomic E-state index is -5.08. The molecule has 1 aliphatic carbocycles. The summed E-state index contributed by atoms with van der Waals surface area (Å²) in [6, 6.07) is 0.279. The van der Waals surface area contributed by atoms with Crippen LogP contribution in [0.25, 0.3) is 11.0 Å². The van der Waals surface area contributed by atoms with Crippen LogP contribution in [0.3, 0.4) is 0 Å². The van der Waals surface area contributed by atoms with Crippen molar-refractivity contribution in [2.75, 3.05) is 5.32 Å². The highest BCUT2D eigenvalue weighted by molar-refractivity contribution is 5.77. The average molecular weight is 428 g/mol. The fourth-order valence-corrected chi connectivity index (χ4v) is 3.06. The maximum Gasteiger partial charge on any atom is 0.490 e. The molecule has 12 heteroatoms. The minimum Gasteiger partial charge on any atom is -0.475 e. The molecule has 2 aromatic heterocycles. The van der Waals surface area contributed by atoms with Gasteiger partial charge in [-0.2, -0.15) is 18.3 Å². The van der Waals surface area contributed by atoms with Crippen molar-refractivity contribution in [1.82, 2.24) is 19.3 Å². The summed E-state index contributed by atoms with van der Waals surface area (Å²) < 4.78 is 34.9. The number of anilines is 1. The first-order valence-corrected chi connectivity index (χ1v) is 9.20. The van der Waals surface area contributed by atoms with E-state index in [0.29, 0.717) is 23.5 Å². The van der Waals surface area contributed by atoms with Crippen molar-refractivity contribution in [3.8, 4) is 11.8 Å². The number of aromatic nitrogens is 4. The van der Waals surface area contributed by atoms with Crippen molar-refractivity contribution >= 4 is 23.0 Å². The Balaban J connectivity index is 0.000000396. The number of fused-ring (bicyclic) bond motifs is 1. The van der Waals surface area contributed by atoms with Gasteiger partial charge in [-0.3, -0.25) is 9.36 Å². The molecule has 9 nitrogen and oxygen atoms in total. The summed E-state index contributed by atoms with van der Waals surface area (Å²) >= 11 is 0. The Hall–Kier alpha value is -3.07. The number of hydrogen-bond acceptors (Lipinski definition) is 6. The molecule has 1 fully saturated rings. The molecule has 164 valence electrons. The molecule has 3 rings (SSSR count). The molecule has 0 saturated heterocycles. The van der Waals surface area contributed by atoms with E-state index in [2.05, 4.69) is 27.2 Å². The number of halogens is 3. The smallest absolute Gasteiger partial charge is 0.475 e. The number of carbonyl (C=O) groups is 1. The highest BCUT2D eigenvalue weighted by atomic mass is 19.4. The van der Waals surface area contributed by atoms with Crippen LogP contribution in [0.4, 0.5) is 19.1 Å². The van der Waals surface area contributed by atoms with E-state index < -0.39 is 12.1 Å². The molecule has 4 N–H and O–H groups in total. The molecule has 2 aromatic rings. The van der Waals surface area contributed by atoms with E-state index >= 15 is 0 Å². The number of hydrogen-bond donors (Lipinski definition) is 3. The molecule has 2 heterocycles. The van der Waals surface area contributed by atoms with Gasteiger partial charge in [-0.15, -0.1) is 5.92 Å². The Morgan fingerprint density at radius 3 is 2.60 bits per heavy atom. The van der Waals surface area contributed by atoms with Gasteiger partial charge < -0.3 is 16.2 Å². The van der Waals surface area contributed by atoms with Crippen LogP contribution in [0.5, 0.6) is 0 Å². The Kier molecular flexibility index (Phi) is 7.44. The molecule has 0 aromatic carbocycles. The molecule has 1 aliphatic rings. The maximum atomic E-state index is 12.4. The SMILES string of the molecule is CC#CCn1c(N[C@@H]2CCCC[C@@H]2N)nc2cnn(C)c(=O)c21.O=C(O)C(F)(F)F. The van der Waals surface area contributed by atoms with Gasteiger partial charge in [0.05, 0.1) is 12.7 Å². The van der Waals surface area contributed by atoms with Crippen LogP contribution in [0.2, 0.25) is 0 Å². The molecule has 0 bridgehead atoms. The van der Waals surface area contributed by atoms with E-state index in [0.717, 1.165) is 19.3 Å². The lowest BCUT2D eigenvalue weighted by Gasteiger charge is -2.29. The Labute approximate surface area is 170 Å². The van der Waals surface area contributed by atoms with Crippen molar-refractivity contribution in [3.05, 3.63) is 16.6 Å². The molecule has 0 amide bonds. The van der Waals surface area contributed by atoms with E-state index in [1.807, 2.05) is 4.57 Å². The Morgan fingerprint density at radius 1 is 1.40 bits per heavy atom. The van der Waals surface area contributed by atoms with Gasteiger partial charge in [0, 0.05) is 19.1 Å². The predicted molar refractivity (Wildman–Crippen MR) is 104 cm³/mol. The number of rotatable bonds is 3. The number of alkyl halides is 3. The van der Waals surface area contributed by atoms with Crippen molar-refractivity contribution < 1.29 is 23.1 Å². The lowest BCUT2D eigenvalue weighted by molar-refractivity contribution is -0.192. The van der Waals surface area contributed by atoms with Gasteiger partial charge in [-0.05, 0) is 19.8 Å². The second kappa shape index (κ2) is 9.62. The number of imidazole rings is 1. The summed E-state index contributed by atoms with van der Waals surface area (Å²) in [6.45, 7) is 2.19. The van der Waals surface area contributed by atoms with E-state index in [-0.39, 0.29) is 17.6 Å². The molecule has 0 unspecified atom stereocenters.